The number of nitrogens with one attached hydrogen (secondary N) is 1. The molecule has 3 heteroatoms. The summed E-state index contributed by atoms with van der Waals surface area (Å²) in [5.41, 5.74) is 2.02. The molecule has 0 heterocycles. The van der Waals surface area contributed by atoms with E-state index in [0.29, 0.717) is 0 Å². The summed E-state index contributed by atoms with van der Waals surface area (Å²) in [4.78, 5) is 0. The average molecular weight is 258 g/mol. The minimum absolute atomic E-state index is 0.239. The van der Waals surface area contributed by atoms with Crippen LogP contribution in [0.5, 0.6) is 0 Å². The van der Waals surface area contributed by atoms with E-state index >= 15 is 0 Å². The highest BCUT2D eigenvalue weighted by atomic mass is 79.9. The van der Waals surface area contributed by atoms with E-state index in [1.807, 2.05) is 0 Å². The third-order valence-electron chi connectivity index (χ3n) is 1.96. The van der Waals surface area contributed by atoms with Gasteiger partial charge >= 0.3 is 0 Å². The predicted molar refractivity (Wildman–Crippen MR) is 62.0 cm³/mol. The second kappa shape index (κ2) is 5.15. The lowest BCUT2D eigenvalue weighted by Crippen LogP contribution is -2.03. The number of rotatable bonds is 4. The Labute approximate surface area is 92.1 Å². The maximum absolute atomic E-state index is 12.7. The van der Waals surface area contributed by atoms with Gasteiger partial charge in [-0.05, 0) is 40.5 Å². The summed E-state index contributed by atoms with van der Waals surface area (Å²) < 4.78 is 13.5. The lowest BCUT2D eigenvalue weighted by molar-refractivity contribution is 0.627. The quantitative estimate of drug-likeness (QED) is 0.806. The third-order valence-corrected chi connectivity index (χ3v) is 2.62. The fourth-order valence-corrected chi connectivity index (χ4v) is 1.47. The molecule has 76 valence electrons. The van der Waals surface area contributed by atoms with Gasteiger partial charge < -0.3 is 5.32 Å². The largest absolute Gasteiger partial charge is 0.380 e. The van der Waals surface area contributed by atoms with Crippen molar-refractivity contribution in [2.45, 2.75) is 13.3 Å². The van der Waals surface area contributed by atoms with Crippen LogP contribution in [-0.2, 0) is 0 Å². The maximum atomic E-state index is 12.7. The van der Waals surface area contributed by atoms with E-state index in [0.717, 1.165) is 28.7 Å². The zero-order valence-corrected chi connectivity index (χ0v) is 9.70. The molecule has 0 unspecified atom stereocenters. The van der Waals surface area contributed by atoms with Crippen molar-refractivity contribution in [3.63, 3.8) is 0 Å². The number of hydrogen-bond donors (Lipinski definition) is 1. The van der Waals surface area contributed by atoms with Crippen molar-refractivity contribution in [1.82, 2.24) is 0 Å². The normalized spacial score (nSPS) is 9.93. The molecule has 1 aromatic carbocycles. The van der Waals surface area contributed by atoms with Crippen molar-refractivity contribution in [2.75, 3.05) is 11.9 Å². The Morgan fingerprint density at radius 1 is 1.57 bits per heavy atom. The van der Waals surface area contributed by atoms with Gasteiger partial charge in [0.25, 0.3) is 0 Å². The lowest BCUT2D eigenvalue weighted by atomic mass is 10.2. The molecule has 1 aromatic rings. The van der Waals surface area contributed by atoms with Gasteiger partial charge in [-0.3, -0.25) is 0 Å². The molecule has 1 nitrogen and oxygen atoms in total. The van der Waals surface area contributed by atoms with E-state index in [-0.39, 0.29) is 5.82 Å². The molecule has 0 saturated carbocycles. The molecule has 0 amide bonds. The van der Waals surface area contributed by atoms with E-state index in [2.05, 4.69) is 34.7 Å². The van der Waals surface area contributed by atoms with Gasteiger partial charge in [0.15, 0.2) is 0 Å². The minimum atomic E-state index is -0.239. The van der Waals surface area contributed by atoms with Crippen LogP contribution in [-0.4, -0.2) is 6.54 Å². The Morgan fingerprint density at radius 3 is 2.86 bits per heavy atom. The van der Waals surface area contributed by atoms with Crippen LogP contribution < -0.4 is 5.32 Å². The lowest BCUT2D eigenvalue weighted by Gasteiger charge is -2.09. The van der Waals surface area contributed by atoms with Crippen molar-refractivity contribution >= 4 is 21.6 Å². The van der Waals surface area contributed by atoms with Crippen LogP contribution in [0.1, 0.15) is 13.3 Å². The highest BCUT2D eigenvalue weighted by Gasteiger charge is 2.00. The Morgan fingerprint density at radius 2 is 2.29 bits per heavy atom. The van der Waals surface area contributed by atoms with Gasteiger partial charge in [-0.25, -0.2) is 4.39 Å². The van der Waals surface area contributed by atoms with E-state index in [1.54, 1.807) is 6.07 Å². The fourth-order valence-electron chi connectivity index (χ4n) is 0.978. The van der Waals surface area contributed by atoms with Gasteiger partial charge in [0.1, 0.15) is 5.82 Å². The number of anilines is 1. The summed E-state index contributed by atoms with van der Waals surface area (Å²) in [7, 11) is 0. The van der Waals surface area contributed by atoms with Crippen LogP contribution >= 0.6 is 15.9 Å². The van der Waals surface area contributed by atoms with Crippen molar-refractivity contribution in [3.05, 3.63) is 40.6 Å². The first-order valence-electron chi connectivity index (χ1n) is 4.49. The van der Waals surface area contributed by atoms with E-state index in [4.69, 9.17) is 0 Å². The highest BCUT2D eigenvalue weighted by molar-refractivity contribution is 9.10. The zero-order valence-electron chi connectivity index (χ0n) is 8.11. The Bertz CT molecular complexity index is 336. The van der Waals surface area contributed by atoms with Gasteiger partial charge in [-0.1, -0.05) is 19.1 Å². The highest BCUT2D eigenvalue weighted by Crippen LogP contribution is 2.23. The molecule has 0 aliphatic carbocycles. The molecular weight excluding hydrogens is 245 g/mol. The van der Waals surface area contributed by atoms with E-state index in [9.17, 15) is 4.39 Å². The number of benzene rings is 1. The molecule has 1 rings (SSSR count). The van der Waals surface area contributed by atoms with Gasteiger partial charge in [0.2, 0.25) is 0 Å². The molecule has 0 aromatic heterocycles. The smallest absolute Gasteiger partial charge is 0.124 e. The first-order chi connectivity index (χ1) is 6.63. The molecule has 0 radical (unpaired) electrons. The van der Waals surface area contributed by atoms with Crippen molar-refractivity contribution in [3.8, 4) is 0 Å². The standard InChI is InChI=1S/C11H13BrFN/c1-3-8(2)7-14-11-5-4-9(13)6-10(11)12/h4-6,14H,2-3,7H2,1H3. The number of hydrogen-bond acceptors (Lipinski definition) is 1. The summed E-state index contributed by atoms with van der Waals surface area (Å²) in [6, 6.07) is 4.58. The van der Waals surface area contributed by atoms with Crippen LogP contribution in [0.4, 0.5) is 10.1 Å². The van der Waals surface area contributed by atoms with Crippen molar-refractivity contribution in [2.24, 2.45) is 0 Å². The van der Waals surface area contributed by atoms with Gasteiger partial charge in [-0.15, -0.1) is 0 Å². The Kier molecular flexibility index (Phi) is 4.14. The fraction of sp³-hybridized carbons (Fsp3) is 0.273. The third kappa shape index (κ3) is 3.14. The maximum Gasteiger partial charge on any atom is 0.124 e. The minimum Gasteiger partial charge on any atom is -0.380 e. The first-order valence-corrected chi connectivity index (χ1v) is 5.28. The molecular formula is C11H13BrFN. The first kappa shape index (κ1) is 11.2. The van der Waals surface area contributed by atoms with Crippen molar-refractivity contribution in [1.29, 1.82) is 0 Å². The summed E-state index contributed by atoms with van der Waals surface area (Å²) >= 11 is 3.29. The summed E-state index contributed by atoms with van der Waals surface area (Å²) in [6.07, 6.45) is 0.950. The second-order valence-corrected chi connectivity index (χ2v) is 3.94. The van der Waals surface area contributed by atoms with E-state index < -0.39 is 0 Å². The molecule has 0 atom stereocenters. The molecule has 0 aliphatic heterocycles. The Balaban J connectivity index is 2.63. The topological polar surface area (TPSA) is 12.0 Å². The van der Waals surface area contributed by atoms with Crippen LogP contribution in [0.15, 0.2) is 34.8 Å². The Hall–Kier alpha value is -0.830. The molecule has 0 bridgehead atoms. The van der Waals surface area contributed by atoms with Gasteiger partial charge in [0, 0.05) is 16.7 Å². The molecule has 0 saturated heterocycles. The van der Waals surface area contributed by atoms with Crippen LogP contribution in [0.25, 0.3) is 0 Å². The van der Waals surface area contributed by atoms with Gasteiger partial charge in [0.05, 0.1) is 0 Å². The zero-order chi connectivity index (χ0) is 10.6. The molecule has 0 aliphatic rings. The van der Waals surface area contributed by atoms with Crippen molar-refractivity contribution < 1.29 is 4.39 Å². The summed E-state index contributed by atoms with van der Waals surface area (Å²) in [5.74, 6) is -0.239. The average Bonchev–Trinajstić information content (AvgIpc) is 2.16. The summed E-state index contributed by atoms with van der Waals surface area (Å²) in [5, 5.41) is 3.18. The summed E-state index contributed by atoms with van der Waals surface area (Å²) in [6.45, 7) is 6.67. The van der Waals surface area contributed by atoms with Gasteiger partial charge in [-0.2, -0.15) is 0 Å². The molecule has 0 fully saturated rings. The van der Waals surface area contributed by atoms with E-state index in [1.165, 1.54) is 12.1 Å². The second-order valence-electron chi connectivity index (χ2n) is 3.08. The van der Waals surface area contributed by atoms with Crippen LogP contribution in [0.2, 0.25) is 0 Å². The van der Waals surface area contributed by atoms with Crippen LogP contribution in [0.3, 0.4) is 0 Å². The monoisotopic (exact) mass is 257 g/mol. The number of halogens is 2. The predicted octanol–water partition coefficient (Wildman–Crippen LogP) is 3.97. The molecule has 1 N–H and O–H groups in total. The van der Waals surface area contributed by atoms with Crippen LogP contribution in [0, 0.1) is 5.82 Å². The molecule has 14 heavy (non-hydrogen) atoms. The SMILES string of the molecule is C=C(CC)CNc1ccc(F)cc1Br. The molecule has 0 spiro atoms.